The molecule has 0 unspecified atom stereocenters. The lowest BCUT2D eigenvalue weighted by molar-refractivity contribution is 0.679. The van der Waals surface area contributed by atoms with Gasteiger partial charge in [-0.05, 0) is 56.7 Å². The Labute approximate surface area is 109 Å². The highest BCUT2D eigenvalue weighted by Gasteiger charge is 2.05. The summed E-state index contributed by atoms with van der Waals surface area (Å²) in [5.74, 6) is 0. The van der Waals surface area contributed by atoms with Gasteiger partial charge in [0.25, 0.3) is 0 Å². The minimum Gasteiger partial charge on any atom is -0.384 e. The van der Waals surface area contributed by atoms with E-state index in [9.17, 15) is 0 Å². The van der Waals surface area contributed by atoms with E-state index in [1.54, 1.807) is 5.57 Å². The first-order valence-electron chi connectivity index (χ1n) is 6.72. The smallest absolute Gasteiger partial charge is 0.101 e. The molecule has 0 amide bonds. The minimum atomic E-state index is 0.743. The zero-order chi connectivity index (χ0) is 12.8. The number of hydrogen-bond acceptors (Lipinski definition) is 2. The van der Waals surface area contributed by atoms with Gasteiger partial charge in [0.15, 0.2) is 0 Å². The van der Waals surface area contributed by atoms with Crippen LogP contribution in [0.15, 0.2) is 29.8 Å². The summed E-state index contributed by atoms with van der Waals surface area (Å²) in [5, 5.41) is 12.5. The van der Waals surface area contributed by atoms with Crippen LogP contribution in [0.25, 0.3) is 0 Å². The summed E-state index contributed by atoms with van der Waals surface area (Å²) in [6.45, 7) is 2.93. The van der Waals surface area contributed by atoms with Gasteiger partial charge in [0, 0.05) is 6.54 Å². The highest BCUT2D eigenvalue weighted by molar-refractivity contribution is 5.58. The van der Waals surface area contributed by atoms with E-state index < -0.39 is 0 Å². The third-order valence-corrected chi connectivity index (χ3v) is 3.44. The van der Waals surface area contributed by atoms with Crippen LogP contribution in [0.4, 0.5) is 5.69 Å². The van der Waals surface area contributed by atoms with Crippen molar-refractivity contribution in [1.82, 2.24) is 0 Å². The number of nitrogens with one attached hydrogen (secondary N) is 1. The minimum absolute atomic E-state index is 0.743. The monoisotopic (exact) mass is 240 g/mol. The van der Waals surface area contributed by atoms with Gasteiger partial charge in [0.2, 0.25) is 0 Å². The van der Waals surface area contributed by atoms with Crippen LogP contribution in [0.3, 0.4) is 0 Å². The molecule has 0 bridgehead atoms. The Hall–Kier alpha value is -1.75. The molecular formula is C16H20N2. The SMILES string of the molecule is Cc1ccc(NCCC2=CCCCC2)c(C#N)c1. The third kappa shape index (κ3) is 3.37. The number of hydrogen-bond donors (Lipinski definition) is 1. The van der Waals surface area contributed by atoms with Gasteiger partial charge in [-0.15, -0.1) is 0 Å². The van der Waals surface area contributed by atoms with E-state index in [1.807, 2.05) is 25.1 Å². The van der Waals surface area contributed by atoms with E-state index in [4.69, 9.17) is 5.26 Å². The molecule has 0 aromatic heterocycles. The van der Waals surface area contributed by atoms with Crippen molar-refractivity contribution in [1.29, 1.82) is 5.26 Å². The van der Waals surface area contributed by atoms with Crippen LogP contribution in [-0.2, 0) is 0 Å². The molecule has 1 aromatic rings. The van der Waals surface area contributed by atoms with Crippen molar-refractivity contribution in [3.8, 4) is 6.07 Å². The predicted molar refractivity (Wildman–Crippen MR) is 75.6 cm³/mol. The molecule has 0 radical (unpaired) electrons. The molecule has 18 heavy (non-hydrogen) atoms. The highest BCUT2D eigenvalue weighted by Crippen LogP contribution is 2.21. The van der Waals surface area contributed by atoms with Crippen molar-refractivity contribution in [2.45, 2.75) is 39.0 Å². The summed E-state index contributed by atoms with van der Waals surface area (Å²) in [5.41, 5.74) is 4.40. The average Bonchev–Trinajstić information content (AvgIpc) is 2.41. The second-order valence-corrected chi connectivity index (χ2v) is 4.95. The van der Waals surface area contributed by atoms with E-state index in [0.717, 1.165) is 29.8 Å². The number of allylic oxidation sites excluding steroid dienone is 1. The summed E-state index contributed by atoms with van der Waals surface area (Å²) in [4.78, 5) is 0. The molecule has 0 atom stereocenters. The Kier molecular flexibility index (Phi) is 4.41. The molecule has 1 aliphatic rings. The van der Waals surface area contributed by atoms with Gasteiger partial charge in [-0.25, -0.2) is 0 Å². The first kappa shape index (κ1) is 12.7. The van der Waals surface area contributed by atoms with Gasteiger partial charge in [-0.3, -0.25) is 0 Å². The third-order valence-electron chi connectivity index (χ3n) is 3.44. The summed E-state index contributed by atoms with van der Waals surface area (Å²) < 4.78 is 0. The maximum Gasteiger partial charge on any atom is 0.101 e. The molecule has 2 nitrogen and oxygen atoms in total. The Bertz CT molecular complexity index is 480. The standard InChI is InChI=1S/C16H20N2/c1-13-7-8-16(15(11-13)12-17)18-10-9-14-5-3-2-4-6-14/h5,7-8,11,18H,2-4,6,9-10H2,1H3. The van der Waals surface area contributed by atoms with Crippen LogP contribution in [-0.4, -0.2) is 6.54 Å². The van der Waals surface area contributed by atoms with Crippen molar-refractivity contribution < 1.29 is 0 Å². The number of rotatable bonds is 4. The van der Waals surface area contributed by atoms with Crippen LogP contribution in [0.1, 0.15) is 43.2 Å². The highest BCUT2D eigenvalue weighted by atomic mass is 14.9. The van der Waals surface area contributed by atoms with E-state index in [2.05, 4.69) is 17.5 Å². The number of nitriles is 1. The quantitative estimate of drug-likeness (QED) is 0.802. The summed E-state index contributed by atoms with van der Waals surface area (Å²) in [7, 11) is 0. The summed E-state index contributed by atoms with van der Waals surface area (Å²) >= 11 is 0. The van der Waals surface area contributed by atoms with Crippen molar-refractivity contribution in [3.63, 3.8) is 0 Å². The molecule has 1 aliphatic carbocycles. The zero-order valence-corrected chi connectivity index (χ0v) is 11.0. The normalized spacial score (nSPS) is 14.8. The number of aryl methyl sites for hydroxylation is 1. The molecule has 0 heterocycles. The topological polar surface area (TPSA) is 35.8 Å². The fourth-order valence-corrected chi connectivity index (χ4v) is 2.39. The molecule has 0 saturated carbocycles. The summed E-state index contributed by atoms with van der Waals surface area (Å²) in [6.07, 6.45) is 8.64. The summed E-state index contributed by atoms with van der Waals surface area (Å²) in [6, 6.07) is 8.23. The Morgan fingerprint density at radius 3 is 2.94 bits per heavy atom. The molecule has 2 rings (SSSR count). The molecule has 1 aromatic carbocycles. The maximum atomic E-state index is 9.09. The van der Waals surface area contributed by atoms with Crippen LogP contribution in [0.2, 0.25) is 0 Å². The van der Waals surface area contributed by atoms with E-state index in [-0.39, 0.29) is 0 Å². The lowest BCUT2D eigenvalue weighted by atomic mass is 9.97. The van der Waals surface area contributed by atoms with Gasteiger partial charge in [-0.1, -0.05) is 17.7 Å². The second-order valence-electron chi connectivity index (χ2n) is 4.95. The largest absolute Gasteiger partial charge is 0.384 e. The number of benzene rings is 1. The Morgan fingerprint density at radius 2 is 2.22 bits per heavy atom. The fourth-order valence-electron chi connectivity index (χ4n) is 2.39. The molecule has 0 fully saturated rings. The molecule has 94 valence electrons. The van der Waals surface area contributed by atoms with Crippen molar-refractivity contribution >= 4 is 5.69 Å². The van der Waals surface area contributed by atoms with Gasteiger partial charge in [0.1, 0.15) is 6.07 Å². The Balaban J connectivity index is 1.90. The van der Waals surface area contributed by atoms with Gasteiger partial charge < -0.3 is 5.32 Å². The van der Waals surface area contributed by atoms with Gasteiger partial charge >= 0.3 is 0 Å². The molecular weight excluding hydrogens is 220 g/mol. The van der Waals surface area contributed by atoms with Crippen molar-refractivity contribution in [2.24, 2.45) is 0 Å². The number of nitrogens with zero attached hydrogens (tertiary/aromatic N) is 1. The molecule has 0 aliphatic heterocycles. The molecule has 1 N–H and O–H groups in total. The van der Waals surface area contributed by atoms with Gasteiger partial charge in [-0.2, -0.15) is 5.26 Å². The molecule has 2 heteroatoms. The fraction of sp³-hybridized carbons (Fsp3) is 0.438. The Morgan fingerprint density at radius 1 is 1.33 bits per heavy atom. The lowest BCUT2D eigenvalue weighted by Gasteiger charge is -2.14. The van der Waals surface area contributed by atoms with Crippen LogP contribution in [0.5, 0.6) is 0 Å². The van der Waals surface area contributed by atoms with E-state index in [0.29, 0.717) is 0 Å². The second kappa shape index (κ2) is 6.26. The van der Waals surface area contributed by atoms with Crippen LogP contribution in [0, 0.1) is 18.3 Å². The van der Waals surface area contributed by atoms with E-state index in [1.165, 1.54) is 25.7 Å². The van der Waals surface area contributed by atoms with E-state index >= 15 is 0 Å². The lowest BCUT2D eigenvalue weighted by Crippen LogP contribution is -2.05. The molecule has 0 spiro atoms. The van der Waals surface area contributed by atoms with Crippen LogP contribution >= 0.6 is 0 Å². The first-order valence-corrected chi connectivity index (χ1v) is 6.72. The predicted octanol–water partition coefficient (Wildman–Crippen LogP) is 4.17. The first-order chi connectivity index (χ1) is 8.79. The van der Waals surface area contributed by atoms with Crippen molar-refractivity contribution in [3.05, 3.63) is 41.0 Å². The maximum absolute atomic E-state index is 9.09. The number of anilines is 1. The zero-order valence-electron chi connectivity index (χ0n) is 11.0. The van der Waals surface area contributed by atoms with Crippen molar-refractivity contribution in [2.75, 3.05) is 11.9 Å². The average molecular weight is 240 g/mol. The van der Waals surface area contributed by atoms with Gasteiger partial charge in [0.05, 0.1) is 11.3 Å². The molecule has 0 saturated heterocycles. The van der Waals surface area contributed by atoms with Crippen LogP contribution < -0.4 is 5.32 Å².